The first kappa shape index (κ1) is 16.3. The molecule has 1 atom stereocenters. The van der Waals surface area contributed by atoms with Crippen molar-refractivity contribution in [3.05, 3.63) is 29.8 Å². The van der Waals surface area contributed by atoms with Gasteiger partial charge < -0.3 is 15.2 Å². The largest absolute Gasteiger partial charge is 0.491 e. The lowest BCUT2D eigenvalue weighted by Gasteiger charge is -2.22. The zero-order valence-corrected chi connectivity index (χ0v) is 13.2. The molecule has 118 valence electrons. The zero-order valence-electron chi connectivity index (χ0n) is 13.2. The van der Waals surface area contributed by atoms with Gasteiger partial charge in [0, 0.05) is 12.6 Å². The fourth-order valence-corrected chi connectivity index (χ4v) is 2.85. The van der Waals surface area contributed by atoms with E-state index in [1.165, 1.54) is 50.5 Å². The molecule has 1 fully saturated rings. The molecule has 0 bridgehead atoms. The Bertz CT molecular complexity index is 383. The molecular weight excluding hydrogens is 262 g/mol. The molecule has 1 aromatic carbocycles. The third kappa shape index (κ3) is 6.49. The third-order valence-electron chi connectivity index (χ3n) is 4.21. The van der Waals surface area contributed by atoms with Gasteiger partial charge in [0.2, 0.25) is 0 Å². The summed E-state index contributed by atoms with van der Waals surface area (Å²) in [5.74, 6) is 0.825. The normalized spacial score (nSPS) is 18.8. The lowest BCUT2D eigenvalue weighted by molar-refractivity contribution is 0.102. The van der Waals surface area contributed by atoms with Gasteiger partial charge in [0.15, 0.2) is 0 Å². The number of benzene rings is 1. The highest BCUT2D eigenvalue weighted by Crippen LogP contribution is 2.17. The molecular formula is C18H29NO2. The number of hydrogen-bond acceptors (Lipinski definition) is 3. The number of rotatable bonds is 6. The van der Waals surface area contributed by atoms with E-state index in [0.717, 1.165) is 5.75 Å². The summed E-state index contributed by atoms with van der Waals surface area (Å²) in [4.78, 5) is 0. The molecule has 21 heavy (non-hydrogen) atoms. The van der Waals surface area contributed by atoms with Crippen LogP contribution in [-0.2, 0) is 0 Å². The molecule has 1 saturated carbocycles. The van der Waals surface area contributed by atoms with Crippen LogP contribution in [0.4, 0.5) is 0 Å². The van der Waals surface area contributed by atoms with Gasteiger partial charge in [-0.2, -0.15) is 0 Å². The zero-order chi connectivity index (χ0) is 14.9. The minimum atomic E-state index is -0.447. The molecule has 0 spiro atoms. The minimum Gasteiger partial charge on any atom is -0.491 e. The maximum absolute atomic E-state index is 10.0. The van der Waals surface area contributed by atoms with Crippen molar-refractivity contribution in [1.82, 2.24) is 5.32 Å². The Labute approximate surface area is 128 Å². The molecule has 1 aliphatic carbocycles. The van der Waals surface area contributed by atoms with Crippen molar-refractivity contribution in [2.45, 2.75) is 64.0 Å². The van der Waals surface area contributed by atoms with Gasteiger partial charge in [-0.1, -0.05) is 49.8 Å². The van der Waals surface area contributed by atoms with Crippen molar-refractivity contribution in [3.8, 4) is 5.75 Å². The Morgan fingerprint density at radius 2 is 1.71 bits per heavy atom. The maximum atomic E-state index is 10.0. The molecule has 0 aliphatic heterocycles. The summed E-state index contributed by atoms with van der Waals surface area (Å²) < 4.78 is 5.62. The van der Waals surface area contributed by atoms with E-state index in [2.05, 4.69) is 12.2 Å². The lowest BCUT2D eigenvalue weighted by Crippen LogP contribution is -2.38. The molecule has 3 heteroatoms. The van der Waals surface area contributed by atoms with Gasteiger partial charge in [0.1, 0.15) is 18.5 Å². The van der Waals surface area contributed by atoms with Gasteiger partial charge in [-0.3, -0.25) is 0 Å². The second-order valence-electron chi connectivity index (χ2n) is 6.23. The summed E-state index contributed by atoms with van der Waals surface area (Å²) in [7, 11) is 0. The molecule has 0 saturated heterocycles. The van der Waals surface area contributed by atoms with Crippen molar-refractivity contribution < 1.29 is 9.84 Å². The number of aliphatic hydroxyl groups excluding tert-OH is 1. The van der Waals surface area contributed by atoms with Crippen LogP contribution < -0.4 is 10.1 Å². The van der Waals surface area contributed by atoms with E-state index in [-0.39, 0.29) is 0 Å². The predicted octanol–water partition coefficient (Wildman–Crippen LogP) is 3.44. The summed E-state index contributed by atoms with van der Waals surface area (Å²) in [5.41, 5.74) is 1.22. The summed E-state index contributed by atoms with van der Waals surface area (Å²) >= 11 is 0. The van der Waals surface area contributed by atoms with Crippen molar-refractivity contribution in [2.75, 3.05) is 13.2 Å². The Morgan fingerprint density at radius 3 is 2.38 bits per heavy atom. The van der Waals surface area contributed by atoms with E-state index in [0.29, 0.717) is 19.2 Å². The number of nitrogens with one attached hydrogen (secondary N) is 1. The van der Waals surface area contributed by atoms with Gasteiger partial charge in [-0.25, -0.2) is 0 Å². The van der Waals surface area contributed by atoms with E-state index in [1.807, 2.05) is 24.3 Å². The number of aliphatic hydroxyl groups is 1. The molecule has 2 N–H and O–H groups in total. The lowest BCUT2D eigenvalue weighted by atomic mass is 9.96. The first-order chi connectivity index (χ1) is 10.2. The highest BCUT2D eigenvalue weighted by Gasteiger charge is 2.13. The molecule has 1 aromatic rings. The van der Waals surface area contributed by atoms with Gasteiger partial charge >= 0.3 is 0 Å². The fourth-order valence-electron chi connectivity index (χ4n) is 2.85. The first-order valence-corrected chi connectivity index (χ1v) is 8.35. The van der Waals surface area contributed by atoms with E-state index in [9.17, 15) is 5.11 Å². The van der Waals surface area contributed by atoms with Crippen LogP contribution in [-0.4, -0.2) is 30.4 Å². The van der Waals surface area contributed by atoms with Crippen molar-refractivity contribution in [2.24, 2.45) is 0 Å². The summed E-state index contributed by atoms with van der Waals surface area (Å²) in [6, 6.07) is 8.51. The van der Waals surface area contributed by atoms with Crippen LogP contribution in [0, 0.1) is 6.92 Å². The van der Waals surface area contributed by atoms with E-state index >= 15 is 0 Å². The Balaban J connectivity index is 1.64. The van der Waals surface area contributed by atoms with Crippen LogP contribution >= 0.6 is 0 Å². The number of aryl methyl sites for hydroxylation is 1. The van der Waals surface area contributed by atoms with E-state index in [4.69, 9.17) is 4.74 Å². The van der Waals surface area contributed by atoms with Crippen LogP contribution in [0.15, 0.2) is 24.3 Å². The number of hydrogen-bond donors (Lipinski definition) is 2. The monoisotopic (exact) mass is 291 g/mol. The average Bonchev–Trinajstić information content (AvgIpc) is 2.45. The highest BCUT2D eigenvalue weighted by atomic mass is 16.5. The topological polar surface area (TPSA) is 41.5 Å². The van der Waals surface area contributed by atoms with Crippen molar-refractivity contribution >= 4 is 0 Å². The summed E-state index contributed by atoms with van der Waals surface area (Å²) in [5, 5.41) is 13.5. The molecule has 1 aliphatic rings. The number of ether oxygens (including phenoxy) is 1. The van der Waals surface area contributed by atoms with Gasteiger partial charge in [-0.15, -0.1) is 0 Å². The molecule has 0 radical (unpaired) electrons. The predicted molar refractivity (Wildman–Crippen MR) is 86.8 cm³/mol. The quantitative estimate of drug-likeness (QED) is 0.843. The SMILES string of the molecule is Cc1ccc(OCC(O)CNC2CCCCCCC2)cc1. The Hall–Kier alpha value is -1.06. The average molecular weight is 291 g/mol. The van der Waals surface area contributed by atoms with Gasteiger partial charge in [-0.05, 0) is 31.9 Å². The smallest absolute Gasteiger partial charge is 0.119 e. The van der Waals surface area contributed by atoms with Crippen LogP contribution in [0.1, 0.15) is 50.5 Å². The highest BCUT2D eigenvalue weighted by molar-refractivity contribution is 5.26. The molecule has 2 rings (SSSR count). The van der Waals surface area contributed by atoms with Crippen molar-refractivity contribution in [1.29, 1.82) is 0 Å². The van der Waals surface area contributed by atoms with Gasteiger partial charge in [0.25, 0.3) is 0 Å². The Morgan fingerprint density at radius 1 is 1.10 bits per heavy atom. The third-order valence-corrected chi connectivity index (χ3v) is 4.21. The minimum absolute atomic E-state index is 0.350. The second kappa shape index (κ2) is 9.06. The molecule has 3 nitrogen and oxygen atoms in total. The van der Waals surface area contributed by atoms with Crippen LogP contribution in [0.2, 0.25) is 0 Å². The first-order valence-electron chi connectivity index (χ1n) is 8.35. The Kier molecular flexibility index (Phi) is 7.04. The van der Waals surface area contributed by atoms with Crippen LogP contribution in [0.5, 0.6) is 5.75 Å². The van der Waals surface area contributed by atoms with Crippen LogP contribution in [0.3, 0.4) is 0 Å². The molecule has 0 aromatic heterocycles. The van der Waals surface area contributed by atoms with Gasteiger partial charge in [0.05, 0.1) is 0 Å². The van der Waals surface area contributed by atoms with Crippen LogP contribution in [0.25, 0.3) is 0 Å². The summed E-state index contributed by atoms with van der Waals surface area (Å²) in [6.07, 6.45) is 8.77. The second-order valence-corrected chi connectivity index (χ2v) is 6.23. The maximum Gasteiger partial charge on any atom is 0.119 e. The standard InChI is InChI=1S/C18H29NO2/c1-15-9-11-18(12-10-15)21-14-17(20)13-19-16-7-5-3-2-4-6-8-16/h9-12,16-17,19-20H,2-8,13-14H2,1H3. The fraction of sp³-hybridized carbons (Fsp3) is 0.667. The van der Waals surface area contributed by atoms with E-state index < -0.39 is 6.10 Å². The van der Waals surface area contributed by atoms with Crippen molar-refractivity contribution in [3.63, 3.8) is 0 Å². The molecule has 0 heterocycles. The molecule has 0 amide bonds. The molecule has 1 unspecified atom stereocenters. The summed E-state index contributed by atoms with van der Waals surface area (Å²) in [6.45, 7) is 3.02. The van der Waals surface area contributed by atoms with E-state index in [1.54, 1.807) is 0 Å².